The SMILES string of the molecule is O=C(O)COCCOCNC(=O)CNC(=O)OCC1c2ccccc2-c2ccccc21. The molecule has 0 saturated heterocycles. The van der Waals surface area contributed by atoms with Crippen LogP contribution in [0.25, 0.3) is 11.1 Å². The van der Waals surface area contributed by atoms with E-state index in [1.54, 1.807) is 0 Å². The number of fused-ring (bicyclic) bond motifs is 3. The van der Waals surface area contributed by atoms with Crippen LogP contribution in [0.4, 0.5) is 4.79 Å². The Bertz CT molecular complexity index is 886. The third kappa shape index (κ3) is 6.27. The lowest BCUT2D eigenvalue weighted by Crippen LogP contribution is -2.38. The molecule has 0 saturated carbocycles. The number of carboxylic acid groups (broad SMARTS) is 1. The lowest BCUT2D eigenvalue weighted by Gasteiger charge is -2.14. The van der Waals surface area contributed by atoms with E-state index in [-0.39, 0.29) is 39.0 Å². The van der Waals surface area contributed by atoms with Crippen LogP contribution in [0.5, 0.6) is 0 Å². The summed E-state index contributed by atoms with van der Waals surface area (Å²) in [5, 5.41) is 13.3. The number of carboxylic acids is 1. The van der Waals surface area contributed by atoms with Crippen LogP contribution in [0.1, 0.15) is 17.0 Å². The molecule has 3 rings (SSSR count). The smallest absolute Gasteiger partial charge is 0.407 e. The van der Waals surface area contributed by atoms with Gasteiger partial charge >= 0.3 is 12.1 Å². The van der Waals surface area contributed by atoms with Crippen molar-refractivity contribution < 1.29 is 33.7 Å². The Balaban J connectivity index is 1.35. The number of hydrogen-bond acceptors (Lipinski definition) is 6. The van der Waals surface area contributed by atoms with Crippen molar-refractivity contribution in [1.82, 2.24) is 10.6 Å². The molecule has 9 heteroatoms. The number of aliphatic carboxylic acids is 1. The second-order valence-corrected chi connectivity index (χ2v) is 6.78. The molecule has 164 valence electrons. The van der Waals surface area contributed by atoms with Gasteiger partial charge in [-0.3, -0.25) is 4.79 Å². The van der Waals surface area contributed by atoms with Crippen LogP contribution in [-0.4, -0.2) is 62.8 Å². The summed E-state index contributed by atoms with van der Waals surface area (Å²) in [5.41, 5.74) is 4.50. The number of rotatable bonds is 11. The molecule has 9 nitrogen and oxygen atoms in total. The number of hydrogen-bond donors (Lipinski definition) is 3. The Kier molecular flexibility index (Phi) is 7.97. The Morgan fingerprint density at radius 1 is 0.871 bits per heavy atom. The standard InChI is InChI=1S/C22H24N2O7/c25-20(24-14-30-10-9-29-13-21(26)27)11-23-22(28)31-12-19-17-7-3-1-5-15(17)16-6-2-4-8-18(16)19/h1-8,19H,9-14H2,(H,23,28)(H,24,25)(H,26,27). The number of benzene rings is 2. The topological polar surface area (TPSA) is 123 Å². The summed E-state index contributed by atoms with van der Waals surface area (Å²) in [6, 6.07) is 16.1. The molecule has 0 aromatic heterocycles. The number of carbonyl (C=O) groups excluding carboxylic acids is 2. The molecule has 0 heterocycles. The van der Waals surface area contributed by atoms with Crippen LogP contribution in [0.2, 0.25) is 0 Å². The first-order chi connectivity index (χ1) is 15.1. The molecule has 2 aromatic carbocycles. The number of nitrogens with one attached hydrogen (secondary N) is 2. The zero-order valence-corrected chi connectivity index (χ0v) is 16.8. The zero-order chi connectivity index (χ0) is 22.1. The predicted molar refractivity (Wildman–Crippen MR) is 110 cm³/mol. The van der Waals surface area contributed by atoms with Gasteiger partial charge < -0.3 is 30.0 Å². The molecule has 0 unspecified atom stereocenters. The largest absolute Gasteiger partial charge is 0.480 e. The Labute approximate surface area is 179 Å². The summed E-state index contributed by atoms with van der Waals surface area (Å²) in [7, 11) is 0. The molecule has 1 aliphatic carbocycles. The maximum absolute atomic E-state index is 12.0. The number of alkyl carbamates (subject to hydrolysis) is 1. The van der Waals surface area contributed by atoms with E-state index in [1.807, 2.05) is 36.4 Å². The van der Waals surface area contributed by atoms with Crippen molar-refractivity contribution in [2.45, 2.75) is 5.92 Å². The Morgan fingerprint density at radius 2 is 1.48 bits per heavy atom. The highest BCUT2D eigenvalue weighted by atomic mass is 16.6. The average molecular weight is 428 g/mol. The average Bonchev–Trinajstić information content (AvgIpc) is 3.09. The number of carbonyl (C=O) groups is 3. The first-order valence-corrected chi connectivity index (χ1v) is 9.79. The van der Waals surface area contributed by atoms with Gasteiger partial charge in [-0.25, -0.2) is 9.59 Å². The highest BCUT2D eigenvalue weighted by Crippen LogP contribution is 2.44. The molecule has 3 N–H and O–H groups in total. The first kappa shape index (κ1) is 22.3. The summed E-state index contributed by atoms with van der Waals surface area (Å²) >= 11 is 0. The summed E-state index contributed by atoms with van der Waals surface area (Å²) in [4.78, 5) is 34.0. The maximum atomic E-state index is 12.0. The molecule has 31 heavy (non-hydrogen) atoms. The van der Waals surface area contributed by atoms with Crippen LogP contribution in [-0.2, 0) is 23.8 Å². The van der Waals surface area contributed by atoms with Gasteiger partial charge in [-0.1, -0.05) is 48.5 Å². The van der Waals surface area contributed by atoms with E-state index in [9.17, 15) is 14.4 Å². The van der Waals surface area contributed by atoms with Crippen molar-refractivity contribution >= 4 is 18.0 Å². The van der Waals surface area contributed by atoms with Crippen molar-refractivity contribution in [2.75, 3.05) is 39.7 Å². The second kappa shape index (κ2) is 11.1. The minimum Gasteiger partial charge on any atom is -0.480 e. The fourth-order valence-corrected chi connectivity index (χ4v) is 3.35. The Morgan fingerprint density at radius 3 is 2.13 bits per heavy atom. The van der Waals surface area contributed by atoms with Gasteiger partial charge in [0.2, 0.25) is 5.91 Å². The predicted octanol–water partition coefficient (Wildman–Crippen LogP) is 1.72. The van der Waals surface area contributed by atoms with E-state index in [2.05, 4.69) is 22.8 Å². The lowest BCUT2D eigenvalue weighted by atomic mass is 9.98. The number of ether oxygens (including phenoxy) is 3. The summed E-state index contributed by atoms with van der Waals surface area (Å²) in [5.74, 6) is -1.56. The zero-order valence-electron chi connectivity index (χ0n) is 16.8. The molecule has 0 spiro atoms. The fourth-order valence-electron chi connectivity index (χ4n) is 3.35. The fraction of sp³-hybridized carbons (Fsp3) is 0.318. The van der Waals surface area contributed by atoms with Crippen LogP contribution in [0, 0.1) is 0 Å². The quantitative estimate of drug-likeness (QED) is 0.368. The van der Waals surface area contributed by atoms with Crippen molar-refractivity contribution in [3.05, 3.63) is 59.7 Å². The van der Waals surface area contributed by atoms with Crippen LogP contribution in [0.15, 0.2) is 48.5 Å². The van der Waals surface area contributed by atoms with Gasteiger partial charge in [0.15, 0.2) is 0 Å². The Hall–Kier alpha value is -3.43. The van der Waals surface area contributed by atoms with Crippen molar-refractivity contribution in [3.8, 4) is 11.1 Å². The highest BCUT2D eigenvalue weighted by molar-refractivity contribution is 5.82. The second-order valence-electron chi connectivity index (χ2n) is 6.78. The lowest BCUT2D eigenvalue weighted by molar-refractivity contribution is -0.142. The first-order valence-electron chi connectivity index (χ1n) is 9.79. The minimum absolute atomic E-state index is 0.0521. The van der Waals surface area contributed by atoms with E-state index in [0.717, 1.165) is 22.3 Å². The molecule has 2 amide bonds. The van der Waals surface area contributed by atoms with E-state index in [1.165, 1.54) is 0 Å². The summed E-state index contributed by atoms with van der Waals surface area (Å²) in [6.07, 6.45) is -0.681. The molecule has 0 fully saturated rings. The van der Waals surface area contributed by atoms with Gasteiger partial charge in [0.1, 0.15) is 26.5 Å². The molecule has 0 atom stereocenters. The van der Waals surface area contributed by atoms with Crippen molar-refractivity contribution in [1.29, 1.82) is 0 Å². The number of amides is 2. The van der Waals surface area contributed by atoms with Crippen LogP contribution in [0.3, 0.4) is 0 Å². The van der Waals surface area contributed by atoms with E-state index < -0.39 is 24.6 Å². The van der Waals surface area contributed by atoms with Crippen LogP contribution < -0.4 is 10.6 Å². The van der Waals surface area contributed by atoms with Gasteiger partial charge in [0.05, 0.1) is 13.2 Å². The molecular weight excluding hydrogens is 404 g/mol. The highest BCUT2D eigenvalue weighted by Gasteiger charge is 2.28. The van der Waals surface area contributed by atoms with Gasteiger partial charge in [0.25, 0.3) is 0 Å². The third-order valence-corrected chi connectivity index (χ3v) is 4.71. The molecule has 0 bridgehead atoms. The van der Waals surface area contributed by atoms with Gasteiger partial charge in [-0.2, -0.15) is 0 Å². The van der Waals surface area contributed by atoms with Crippen LogP contribution >= 0.6 is 0 Å². The molecule has 0 aliphatic heterocycles. The summed E-state index contributed by atoms with van der Waals surface area (Å²) < 4.78 is 15.2. The molecule has 2 aromatic rings. The van der Waals surface area contributed by atoms with E-state index in [4.69, 9.17) is 19.3 Å². The monoisotopic (exact) mass is 428 g/mol. The van der Waals surface area contributed by atoms with Gasteiger partial charge in [0, 0.05) is 5.92 Å². The third-order valence-electron chi connectivity index (χ3n) is 4.71. The molecule has 1 aliphatic rings. The maximum Gasteiger partial charge on any atom is 0.407 e. The van der Waals surface area contributed by atoms with E-state index in [0.29, 0.717) is 0 Å². The van der Waals surface area contributed by atoms with Crippen molar-refractivity contribution in [2.24, 2.45) is 0 Å². The molecular formula is C22H24N2O7. The van der Waals surface area contributed by atoms with E-state index >= 15 is 0 Å². The van der Waals surface area contributed by atoms with Gasteiger partial charge in [-0.05, 0) is 22.3 Å². The molecule has 0 radical (unpaired) electrons. The summed E-state index contributed by atoms with van der Waals surface area (Å²) in [6.45, 7) is -0.342. The normalized spacial score (nSPS) is 12.0. The van der Waals surface area contributed by atoms with Crippen molar-refractivity contribution in [3.63, 3.8) is 0 Å². The minimum atomic E-state index is -1.06. The van der Waals surface area contributed by atoms with Gasteiger partial charge in [-0.15, -0.1) is 0 Å².